The lowest BCUT2D eigenvalue weighted by atomic mass is 10.3. The zero-order valence-electron chi connectivity index (χ0n) is 9.19. The average molecular weight is 206 g/mol. The van der Waals surface area contributed by atoms with Crippen LogP contribution in [0.15, 0.2) is 11.0 Å². The van der Waals surface area contributed by atoms with Crippen molar-refractivity contribution in [2.75, 3.05) is 18.0 Å². The molecule has 5 heteroatoms. The molecular weight excluding hydrogens is 192 g/mol. The van der Waals surface area contributed by atoms with E-state index in [4.69, 9.17) is 5.26 Å². The first-order chi connectivity index (χ1) is 7.13. The molecular formula is C10H14N4O. The van der Waals surface area contributed by atoms with Gasteiger partial charge in [0.2, 0.25) is 0 Å². The number of rotatable bonds is 3. The third-order valence-electron chi connectivity index (χ3n) is 2.25. The number of anilines is 1. The lowest BCUT2D eigenvalue weighted by Crippen LogP contribution is -2.29. The Morgan fingerprint density at radius 3 is 2.60 bits per heavy atom. The summed E-state index contributed by atoms with van der Waals surface area (Å²) in [7, 11) is 1.59. The Labute approximate surface area is 88.6 Å². The van der Waals surface area contributed by atoms with Crippen LogP contribution in [0.5, 0.6) is 0 Å². The normalized spacial score (nSPS) is 9.73. The van der Waals surface area contributed by atoms with Crippen LogP contribution in [0.1, 0.15) is 19.4 Å². The maximum Gasteiger partial charge on any atom is 0.349 e. The van der Waals surface area contributed by atoms with E-state index < -0.39 is 0 Å². The third-order valence-corrected chi connectivity index (χ3v) is 2.25. The van der Waals surface area contributed by atoms with Crippen molar-refractivity contribution in [2.45, 2.75) is 13.8 Å². The number of aryl methyl sites for hydroxylation is 1. The van der Waals surface area contributed by atoms with Crippen LogP contribution in [-0.2, 0) is 7.05 Å². The molecule has 0 saturated heterocycles. The molecule has 0 aliphatic heterocycles. The smallest absolute Gasteiger partial charge is 0.349 e. The van der Waals surface area contributed by atoms with Crippen LogP contribution in [0.4, 0.5) is 5.82 Å². The standard InChI is InChI=1S/C10H14N4O/c1-4-14(5-2)9-8(6-11)7-13(3)10(15)12-9/h7H,4-5H2,1-3H3. The predicted molar refractivity (Wildman–Crippen MR) is 57.8 cm³/mol. The molecule has 0 unspecified atom stereocenters. The summed E-state index contributed by atoms with van der Waals surface area (Å²) in [6.07, 6.45) is 1.52. The van der Waals surface area contributed by atoms with Gasteiger partial charge >= 0.3 is 5.69 Å². The van der Waals surface area contributed by atoms with E-state index in [9.17, 15) is 4.79 Å². The molecule has 15 heavy (non-hydrogen) atoms. The second kappa shape index (κ2) is 4.60. The lowest BCUT2D eigenvalue weighted by Gasteiger charge is -2.20. The van der Waals surface area contributed by atoms with Gasteiger partial charge in [-0.3, -0.25) is 0 Å². The first-order valence-corrected chi connectivity index (χ1v) is 4.86. The molecule has 0 amide bonds. The summed E-state index contributed by atoms with van der Waals surface area (Å²) < 4.78 is 1.31. The summed E-state index contributed by atoms with van der Waals surface area (Å²) in [5.74, 6) is 0.477. The van der Waals surface area contributed by atoms with Gasteiger partial charge in [0.05, 0.1) is 0 Å². The highest BCUT2D eigenvalue weighted by Gasteiger charge is 2.11. The van der Waals surface area contributed by atoms with Crippen LogP contribution in [0, 0.1) is 11.3 Å². The highest BCUT2D eigenvalue weighted by Crippen LogP contribution is 2.13. The van der Waals surface area contributed by atoms with Crippen molar-refractivity contribution in [1.29, 1.82) is 5.26 Å². The van der Waals surface area contributed by atoms with E-state index in [0.717, 1.165) is 13.1 Å². The first kappa shape index (κ1) is 11.2. The largest absolute Gasteiger partial charge is 0.356 e. The Kier molecular flexibility index (Phi) is 3.45. The summed E-state index contributed by atoms with van der Waals surface area (Å²) >= 11 is 0. The fraction of sp³-hybridized carbons (Fsp3) is 0.500. The summed E-state index contributed by atoms with van der Waals surface area (Å²) in [5, 5.41) is 8.94. The highest BCUT2D eigenvalue weighted by molar-refractivity contribution is 5.52. The van der Waals surface area contributed by atoms with E-state index in [1.54, 1.807) is 7.05 Å². The molecule has 1 aromatic heterocycles. The van der Waals surface area contributed by atoms with E-state index in [1.165, 1.54) is 10.8 Å². The Balaban J connectivity index is 3.34. The monoisotopic (exact) mass is 206 g/mol. The van der Waals surface area contributed by atoms with Gasteiger partial charge in [-0.1, -0.05) is 0 Å². The van der Waals surface area contributed by atoms with Crippen molar-refractivity contribution >= 4 is 5.82 Å². The topological polar surface area (TPSA) is 61.9 Å². The quantitative estimate of drug-likeness (QED) is 0.722. The second-order valence-electron chi connectivity index (χ2n) is 3.16. The average Bonchev–Trinajstić information content (AvgIpc) is 2.24. The van der Waals surface area contributed by atoms with E-state index in [0.29, 0.717) is 11.4 Å². The van der Waals surface area contributed by atoms with Crippen LogP contribution >= 0.6 is 0 Å². The highest BCUT2D eigenvalue weighted by atomic mass is 16.1. The van der Waals surface area contributed by atoms with Crippen LogP contribution in [-0.4, -0.2) is 22.6 Å². The predicted octanol–water partition coefficient (Wildman–Crippen LogP) is 0.498. The van der Waals surface area contributed by atoms with Crippen molar-refractivity contribution in [2.24, 2.45) is 7.05 Å². The molecule has 0 bridgehead atoms. The van der Waals surface area contributed by atoms with Gasteiger partial charge in [0.25, 0.3) is 0 Å². The summed E-state index contributed by atoms with van der Waals surface area (Å²) in [5.41, 5.74) is 0.0942. The van der Waals surface area contributed by atoms with Crippen molar-refractivity contribution in [3.63, 3.8) is 0 Å². The molecule has 1 aromatic rings. The van der Waals surface area contributed by atoms with Gasteiger partial charge in [0.1, 0.15) is 11.6 Å². The van der Waals surface area contributed by atoms with Crippen molar-refractivity contribution < 1.29 is 0 Å². The van der Waals surface area contributed by atoms with Gasteiger partial charge in [-0.25, -0.2) is 4.79 Å². The molecule has 0 aliphatic carbocycles. The molecule has 5 nitrogen and oxygen atoms in total. The fourth-order valence-electron chi connectivity index (χ4n) is 1.38. The molecule has 0 spiro atoms. The van der Waals surface area contributed by atoms with Gasteiger partial charge in [-0.2, -0.15) is 10.2 Å². The number of hydrogen-bond acceptors (Lipinski definition) is 4. The maximum absolute atomic E-state index is 11.4. The zero-order valence-corrected chi connectivity index (χ0v) is 9.19. The molecule has 0 fully saturated rings. The molecule has 1 rings (SSSR count). The Morgan fingerprint density at radius 2 is 2.13 bits per heavy atom. The minimum atomic E-state index is -0.337. The van der Waals surface area contributed by atoms with E-state index in [1.807, 2.05) is 24.8 Å². The number of hydrogen-bond donors (Lipinski definition) is 0. The van der Waals surface area contributed by atoms with Gasteiger partial charge in [-0.15, -0.1) is 0 Å². The second-order valence-corrected chi connectivity index (χ2v) is 3.16. The number of nitriles is 1. The van der Waals surface area contributed by atoms with Gasteiger partial charge in [-0.05, 0) is 13.8 Å². The van der Waals surface area contributed by atoms with E-state index in [2.05, 4.69) is 4.98 Å². The Hall–Kier alpha value is -1.83. The van der Waals surface area contributed by atoms with Crippen LogP contribution in [0.2, 0.25) is 0 Å². The lowest BCUT2D eigenvalue weighted by molar-refractivity contribution is 0.773. The molecule has 0 aliphatic rings. The Bertz CT molecular complexity index is 440. The van der Waals surface area contributed by atoms with Gasteiger partial charge in [0, 0.05) is 26.3 Å². The molecule has 80 valence electrons. The first-order valence-electron chi connectivity index (χ1n) is 4.86. The number of aromatic nitrogens is 2. The summed E-state index contributed by atoms with van der Waals surface area (Å²) in [6, 6.07) is 2.05. The van der Waals surface area contributed by atoms with E-state index in [-0.39, 0.29) is 5.69 Å². The molecule has 0 radical (unpaired) electrons. The minimum Gasteiger partial charge on any atom is -0.356 e. The molecule has 0 atom stereocenters. The van der Waals surface area contributed by atoms with Crippen LogP contribution in [0.25, 0.3) is 0 Å². The molecule has 0 N–H and O–H groups in total. The SMILES string of the molecule is CCN(CC)c1nc(=O)n(C)cc1C#N. The van der Waals surface area contributed by atoms with Crippen molar-refractivity contribution in [3.8, 4) is 6.07 Å². The maximum atomic E-state index is 11.4. The summed E-state index contributed by atoms with van der Waals surface area (Å²) in [4.78, 5) is 17.1. The number of nitrogens with zero attached hydrogens (tertiary/aromatic N) is 4. The third kappa shape index (κ3) is 2.15. The fourth-order valence-corrected chi connectivity index (χ4v) is 1.38. The van der Waals surface area contributed by atoms with Crippen LogP contribution in [0.3, 0.4) is 0 Å². The van der Waals surface area contributed by atoms with E-state index >= 15 is 0 Å². The van der Waals surface area contributed by atoms with Crippen molar-refractivity contribution in [3.05, 3.63) is 22.2 Å². The zero-order chi connectivity index (χ0) is 11.4. The molecule has 0 saturated carbocycles. The Morgan fingerprint density at radius 1 is 1.53 bits per heavy atom. The van der Waals surface area contributed by atoms with Crippen molar-refractivity contribution in [1.82, 2.24) is 9.55 Å². The molecule has 0 aromatic carbocycles. The summed E-state index contributed by atoms with van der Waals surface area (Å²) in [6.45, 7) is 5.38. The van der Waals surface area contributed by atoms with Crippen LogP contribution < -0.4 is 10.6 Å². The molecule has 1 heterocycles. The van der Waals surface area contributed by atoms with Gasteiger partial charge in [0.15, 0.2) is 5.82 Å². The minimum absolute atomic E-state index is 0.337. The van der Waals surface area contributed by atoms with Gasteiger partial charge < -0.3 is 9.47 Å².